The standard InChI is InChI=1S/C16H14FN3O/c1-9-6-10(17)2-4-14(9)20-16(21)13-8-19-15-5-3-11(18)7-12(13)15/h2-8,19H,18H2,1H3,(H,20,21). The van der Waals surface area contributed by atoms with Crippen molar-refractivity contribution in [3.63, 3.8) is 0 Å². The van der Waals surface area contributed by atoms with Gasteiger partial charge in [0.25, 0.3) is 5.91 Å². The first-order chi connectivity index (χ1) is 10.0. The number of hydrogen-bond donors (Lipinski definition) is 3. The Morgan fingerprint density at radius 3 is 2.81 bits per heavy atom. The quantitative estimate of drug-likeness (QED) is 0.630. The number of carbonyl (C=O) groups is 1. The number of fused-ring (bicyclic) bond motifs is 1. The van der Waals surface area contributed by atoms with Gasteiger partial charge in [0.1, 0.15) is 5.82 Å². The van der Waals surface area contributed by atoms with Crippen LogP contribution in [0.15, 0.2) is 42.6 Å². The number of halogens is 1. The van der Waals surface area contributed by atoms with E-state index >= 15 is 0 Å². The van der Waals surface area contributed by atoms with Crippen molar-refractivity contribution >= 4 is 28.2 Å². The van der Waals surface area contributed by atoms with Crippen LogP contribution in [-0.4, -0.2) is 10.9 Å². The number of H-pyrrole nitrogens is 1. The van der Waals surface area contributed by atoms with Crippen LogP contribution < -0.4 is 11.1 Å². The van der Waals surface area contributed by atoms with Crippen molar-refractivity contribution in [1.82, 2.24) is 4.98 Å². The fourth-order valence-corrected chi connectivity index (χ4v) is 2.28. The van der Waals surface area contributed by atoms with Gasteiger partial charge in [0, 0.05) is 28.5 Å². The van der Waals surface area contributed by atoms with Gasteiger partial charge in [-0.15, -0.1) is 0 Å². The zero-order valence-corrected chi connectivity index (χ0v) is 11.4. The fourth-order valence-electron chi connectivity index (χ4n) is 2.28. The summed E-state index contributed by atoms with van der Waals surface area (Å²) in [6.07, 6.45) is 1.64. The van der Waals surface area contributed by atoms with Crippen LogP contribution >= 0.6 is 0 Å². The number of nitrogens with two attached hydrogens (primary N) is 1. The molecule has 3 rings (SSSR count). The Labute approximate surface area is 120 Å². The summed E-state index contributed by atoms with van der Waals surface area (Å²) < 4.78 is 13.1. The maximum Gasteiger partial charge on any atom is 0.257 e. The zero-order chi connectivity index (χ0) is 15.0. The fraction of sp³-hybridized carbons (Fsp3) is 0.0625. The van der Waals surface area contributed by atoms with Gasteiger partial charge in [-0.1, -0.05) is 0 Å². The third kappa shape index (κ3) is 2.45. The molecule has 21 heavy (non-hydrogen) atoms. The van der Waals surface area contributed by atoms with Crippen molar-refractivity contribution in [2.24, 2.45) is 0 Å². The second-order valence-electron chi connectivity index (χ2n) is 4.92. The molecule has 106 valence electrons. The molecule has 1 heterocycles. The van der Waals surface area contributed by atoms with Gasteiger partial charge in [-0.25, -0.2) is 4.39 Å². The van der Waals surface area contributed by atoms with Crippen LogP contribution in [0.25, 0.3) is 10.9 Å². The van der Waals surface area contributed by atoms with E-state index in [2.05, 4.69) is 10.3 Å². The van der Waals surface area contributed by atoms with E-state index in [4.69, 9.17) is 5.73 Å². The second kappa shape index (κ2) is 4.94. The van der Waals surface area contributed by atoms with Gasteiger partial charge in [-0.05, 0) is 48.9 Å². The molecule has 3 aromatic rings. The lowest BCUT2D eigenvalue weighted by Crippen LogP contribution is -2.12. The van der Waals surface area contributed by atoms with Gasteiger partial charge in [-0.3, -0.25) is 4.79 Å². The first-order valence-electron chi connectivity index (χ1n) is 6.49. The van der Waals surface area contributed by atoms with E-state index in [1.807, 2.05) is 6.07 Å². The van der Waals surface area contributed by atoms with Gasteiger partial charge in [0.2, 0.25) is 0 Å². The number of nitrogens with one attached hydrogen (secondary N) is 2. The van der Waals surface area contributed by atoms with Gasteiger partial charge in [0.15, 0.2) is 0 Å². The number of aromatic amines is 1. The minimum absolute atomic E-state index is 0.262. The Hall–Kier alpha value is -2.82. The predicted octanol–water partition coefficient (Wildman–Crippen LogP) is 3.45. The van der Waals surface area contributed by atoms with Crippen molar-refractivity contribution in [3.05, 3.63) is 59.5 Å². The molecule has 1 amide bonds. The first kappa shape index (κ1) is 13.2. The Balaban J connectivity index is 1.95. The Morgan fingerprint density at radius 2 is 2.05 bits per heavy atom. The molecule has 0 fully saturated rings. The predicted molar refractivity (Wildman–Crippen MR) is 81.8 cm³/mol. The molecule has 2 aromatic carbocycles. The molecule has 0 saturated carbocycles. The van der Waals surface area contributed by atoms with Crippen LogP contribution in [0, 0.1) is 12.7 Å². The molecule has 0 unspecified atom stereocenters. The number of anilines is 2. The second-order valence-corrected chi connectivity index (χ2v) is 4.92. The highest BCUT2D eigenvalue weighted by Crippen LogP contribution is 2.23. The van der Waals surface area contributed by atoms with E-state index in [0.717, 1.165) is 10.9 Å². The summed E-state index contributed by atoms with van der Waals surface area (Å²) in [6.45, 7) is 1.74. The number of aromatic nitrogens is 1. The molecule has 0 spiro atoms. The molecule has 0 atom stereocenters. The summed E-state index contributed by atoms with van der Waals surface area (Å²) in [5.74, 6) is -0.591. The van der Waals surface area contributed by atoms with Crippen molar-refractivity contribution in [1.29, 1.82) is 0 Å². The van der Waals surface area contributed by atoms with E-state index < -0.39 is 0 Å². The number of amides is 1. The van der Waals surface area contributed by atoms with Crippen LogP contribution in [-0.2, 0) is 0 Å². The van der Waals surface area contributed by atoms with Gasteiger partial charge < -0.3 is 16.0 Å². The normalized spacial score (nSPS) is 10.8. The molecule has 4 N–H and O–H groups in total. The van der Waals surface area contributed by atoms with E-state index in [9.17, 15) is 9.18 Å². The minimum Gasteiger partial charge on any atom is -0.399 e. The maximum absolute atomic E-state index is 13.1. The number of rotatable bonds is 2. The zero-order valence-electron chi connectivity index (χ0n) is 11.4. The molecule has 0 saturated heterocycles. The SMILES string of the molecule is Cc1cc(F)ccc1NC(=O)c1c[nH]c2ccc(N)cc12. The molecule has 0 aliphatic heterocycles. The lowest BCUT2D eigenvalue weighted by molar-refractivity contribution is 0.102. The molecule has 0 bridgehead atoms. The molecule has 4 nitrogen and oxygen atoms in total. The monoisotopic (exact) mass is 283 g/mol. The van der Waals surface area contributed by atoms with E-state index in [1.165, 1.54) is 12.1 Å². The third-order valence-electron chi connectivity index (χ3n) is 3.39. The van der Waals surface area contributed by atoms with Gasteiger partial charge in [-0.2, -0.15) is 0 Å². The Kier molecular flexibility index (Phi) is 3.10. The lowest BCUT2D eigenvalue weighted by atomic mass is 10.1. The molecule has 0 aliphatic rings. The van der Waals surface area contributed by atoms with Crippen molar-refractivity contribution in [3.8, 4) is 0 Å². The summed E-state index contributed by atoms with van der Waals surface area (Å²) in [6, 6.07) is 9.58. The molecular weight excluding hydrogens is 269 g/mol. The van der Waals surface area contributed by atoms with E-state index in [0.29, 0.717) is 22.5 Å². The van der Waals surface area contributed by atoms with Crippen molar-refractivity contribution in [2.75, 3.05) is 11.1 Å². The van der Waals surface area contributed by atoms with Crippen LogP contribution in [0.4, 0.5) is 15.8 Å². The van der Waals surface area contributed by atoms with Crippen molar-refractivity contribution in [2.45, 2.75) is 6.92 Å². The number of nitrogen functional groups attached to an aromatic ring is 1. The number of hydrogen-bond acceptors (Lipinski definition) is 2. The average molecular weight is 283 g/mol. The molecular formula is C16H14FN3O. The Morgan fingerprint density at radius 1 is 1.24 bits per heavy atom. The van der Waals surface area contributed by atoms with E-state index in [-0.39, 0.29) is 11.7 Å². The summed E-state index contributed by atoms with van der Waals surface area (Å²) >= 11 is 0. The number of aryl methyl sites for hydroxylation is 1. The van der Waals surface area contributed by atoms with Gasteiger partial charge >= 0.3 is 0 Å². The smallest absolute Gasteiger partial charge is 0.257 e. The largest absolute Gasteiger partial charge is 0.399 e. The van der Waals surface area contributed by atoms with Crippen LogP contribution in [0.1, 0.15) is 15.9 Å². The maximum atomic E-state index is 13.1. The third-order valence-corrected chi connectivity index (χ3v) is 3.39. The van der Waals surface area contributed by atoms with Crippen LogP contribution in [0.2, 0.25) is 0 Å². The van der Waals surface area contributed by atoms with Gasteiger partial charge in [0.05, 0.1) is 5.56 Å². The summed E-state index contributed by atoms with van der Waals surface area (Å²) in [5.41, 5.74) is 8.94. The molecule has 1 aromatic heterocycles. The topological polar surface area (TPSA) is 70.9 Å². The van der Waals surface area contributed by atoms with Crippen LogP contribution in [0.3, 0.4) is 0 Å². The molecule has 0 aliphatic carbocycles. The van der Waals surface area contributed by atoms with Crippen molar-refractivity contribution < 1.29 is 9.18 Å². The lowest BCUT2D eigenvalue weighted by Gasteiger charge is -2.08. The number of carbonyl (C=O) groups excluding carboxylic acids is 1. The van der Waals surface area contributed by atoms with Crippen LogP contribution in [0.5, 0.6) is 0 Å². The minimum atomic E-state index is -0.328. The highest BCUT2D eigenvalue weighted by Gasteiger charge is 2.13. The highest BCUT2D eigenvalue weighted by atomic mass is 19.1. The highest BCUT2D eigenvalue weighted by molar-refractivity contribution is 6.13. The summed E-state index contributed by atoms with van der Waals surface area (Å²) in [5, 5.41) is 3.54. The average Bonchev–Trinajstić information content (AvgIpc) is 2.85. The summed E-state index contributed by atoms with van der Waals surface area (Å²) in [4.78, 5) is 15.4. The first-order valence-corrected chi connectivity index (χ1v) is 6.49. The summed E-state index contributed by atoms with van der Waals surface area (Å²) in [7, 11) is 0. The number of benzene rings is 2. The van der Waals surface area contributed by atoms with E-state index in [1.54, 1.807) is 31.3 Å². The molecule has 0 radical (unpaired) electrons. The molecule has 5 heteroatoms. The Bertz CT molecular complexity index is 839.